The van der Waals surface area contributed by atoms with Gasteiger partial charge in [0.25, 0.3) is 0 Å². The van der Waals surface area contributed by atoms with E-state index in [-0.39, 0.29) is 29.8 Å². The molecule has 0 aliphatic heterocycles. The van der Waals surface area contributed by atoms with Gasteiger partial charge in [-0.15, -0.1) is 0 Å². The van der Waals surface area contributed by atoms with E-state index in [9.17, 15) is 15.0 Å². The van der Waals surface area contributed by atoms with E-state index < -0.39 is 14.6 Å². The maximum absolute atomic E-state index is 12.7. The van der Waals surface area contributed by atoms with E-state index >= 15 is 0 Å². The summed E-state index contributed by atoms with van der Waals surface area (Å²) in [5, 5.41) is 22.9. The Labute approximate surface area is 179 Å². The van der Waals surface area contributed by atoms with Crippen LogP contribution in [0.2, 0.25) is 0 Å². The minimum Gasteiger partial charge on any atom is -0.461 e. The SMILES string of the molecule is CCC(C)(I)C(=O)OC1CC2CC1C(C(O)(CC)CC)C2C(O)(CC)CC. The van der Waals surface area contributed by atoms with Crippen molar-refractivity contribution in [1.82, 2.24) is 0 Å². The number of hydrogen-bond acceptors (Lipinski definition) is 4. The highest BCUT2D eigenvalue weighted by Gasteiger charge is 2.63. The van der Waals surface area contributed by atoms with Gasteiger partial charge < -0.3 is 14.9 Å². The summed E-state index contributed by atoms with van der Waals surface area (Å²) in [5.74, 6) is 0.374. The van der Waals surface area contributed by atoms with Crippen LogP contribution in [0.3, 0.4) is 0 Å². The smallest absolute Gasteiger partial charge is 0.322 e. The van der Waals surface area contributed by atoms with E-state index in [1.54, 1.807) is 0 Å². The molecule has 0 amide bonds. The third-order valence-corrected chi connectivity index (χ3v) is 9.18. The average molecular weight is 494 g/mol. The molecule has 2 saturated carbocycles. The summed E-state index contributed by atoms with van der Waals surface area (Å²) >= 11 is 2.18. The number of aliphatic hydroxyl groups is 2. The molecular formula is C22H39IO4. The van der Waals surface area contributed by atoms with E-state index in [4.69, 9.17) is 4.74 Å². The minimum absolute atomic E-state index is 0.0176. The molecule has 6 atom stereocenters. The number of carbonyl (C=O) groups is 1. The van der Waals surface area contributed by atoms with Crippen molar-refractivity contribution in [3.05, 3.63) is 0 Å². The summed E-state index contributed by atoms with van der Waals surface area (Å²) < 4.78 is 5.50. The summed E-state index contributed by atoms with van der Waals surface area (Å²) in [4.78, 5) is 12.7. The molecule has 0 spiro atoms. The zero-order chi connectivity index (χ0) is 20.6. The molecule has 2 aliphatic carbocycles. The molecule has 2 rings (SSSR count). The molecule has 0 aromatic heterocycles. The molecule has 0 heterocycles. The number of hydrogen-bond donors (Lipinski definition) is 2. The minimum atomic E-state index is -0.814. The zero-order valence-corrected chi connectivity index (χ0v) is 20.1. The first kappa shape index (κ1) is 23.4. The Balaban J connectivity index is 2.34. The van der Waals surface area contributed by atoms with Gasteiger partial charge in [-0.2, -0.15) is 0 Å². The van der Waals surface area contributed by atoms with Gasteiger partial charge in [-0.1, -0.05) is 57.2 Å². The fourth-order valence-corrected chi connectivity index (χ4v) is 5.92. The maximum Gasteiger partial charge on any atom is 0.322 e. The third-order valence-electron chi connectivity index (χ3n) is 7.98. The van der Waals surface area contributed by atoms with Crippen LogP contribution >= 0.6 is 22.6 Å². The number of rotatable bonds is 9. The lowest BCUT2D eigenvalue weighted by atomic mass is 9.60. The molecule has 0 radical (unpaired) electrons. The van der Waals surface area contributed by atoms with Crippen molar-refractivity contribution in [3.63, 3.8) is 0 Å². The molecule has 4 nitrogen and oxygen atoms in total. The van der Waals surface area contributed by atoms with Crippen LogP contribution in [0.5, 0.6) is 0 Å². The zero-order valence-electron chi connectivity index (χ0n) is 17.9. The van der Waals surface area contributed by atoms with Gasteiger partial charge >= 0.3 is 5.97 Å². The van der Waals surface area contributed by atoms with Gasteiger partial charge in [0.05, 0.1) is 11.2 Å². The first-order valence-electron chi connectivity index (χ1n) is 10.9. The van der Waals surface area contributed by atoms with Crippen LogP contribution in [0, 0.1) is 23.7 Å². The molecular weight excluding hydrogens is 455 g/mol. The molecule has 5 heteroatoms. The highest BCUT2D eigenvalue weighted by atomic mass is 127. The fourth-order valence-electron chi connectivity index (χ4n) is 5.79. The standard InChI is InChI=1S/C22H39IO4/c1-7-20(6,23)19(24)27-16-13-14-12-15(16)18(22(26,10-4)11-5)17(14)21(25,8-2)9-3/h14-18,25-26H,7-13H2,1-6H3. The van der Waals surface area contributed by atoms with Crippen molar-refractivity contribution in [2.75, 3.05) is 0 Å². The Kier molecular flexibility index (Phi) is 7.34. The predicted molar refractivity (Wildman–Crippen MR) is 117 cm³/mol. The Morgan fingerprint density at radius 2 is 1.41 bits per heavy atom. The molecule has 158 valence electrons. The van der Waals surface area contributed by atoms with Gasteiger partial charge in [0.15, 0.2) is 0 Å². The fraction of sp³-hybridized carbons (Fsp3) is 0.955. The summed E-state index contributed by atoms with van der Waals surface area (Å²) in [5.41, 5.74) is -1.57. The highest BCUT2D eigenvalue weighted by molar-refractivity contribution is 14.1. The topological polar surface area (TPSA) is 66.8 Å². The van der Waals surface area contributed by atoms with E-state index in [2.05, 4.69) is 22.6 Å². The lowest BCUT2D eigenvalue weighted by Crippen LogP contribution is -2.55. The van der Waals surface area contributed by atoms with Gasteiger partial charge in [-0.05, 0) is 69.6 Å². The van der Waals surface area contributed by atoms with Crippen molar-refractivity contribution in [2.24, 2.45) is 23.7 Å². The summed E-state index contributed by atoms with van der Waals surface area (Å²) in [6.45, 7) is 12.1. The van der Waals surface area contributed by atoms with E-state index in [1.165, 1.54) is 0 Å². The Hall–Kier alpha value is 0.120. The van der Waals surface area contributed by atoms with Crippen LogP contribution in [0.1, 0.15) is 86.5 Å². The number of esters is 1. The van der Waals surface area contributed by atoms with Crippen LogP contribution in [-0.4, -0.2) is 36.9 Å². The van der Waals surface area contributed by atoms with Crippen LogP contribution in [-0.2, 0) is 9.53 Å². The molecule has 27 heavy (non-hydrogen) atoms. The summed E-state index contributed by atoms with van der Waals surface area (Å²) in [6.07, 6.45) is 5.09. The Bertz CT molecular complexity index is 524. The Morgan fingerprint density at radius 1 is 0.926 bits per heavy atom. The second-order valence-corrected chi connectivity index (χ2v) is 11.4. The van der Waals surface area contributed by atoms with Gasteiger partial charge in [-0.25, -0.2) is 0 Å². The lowest BCUT2D eigenvalue weighted by molar-refractivity contribution is -0.174. The molecule has 2 fully saturated rings. The molecule has 2 N–H and O–H groups in total. The van der Waals surface area contributed by atoms with Gasteiger partial charge in [0, 0.05) is 5.92 Å². The van der Waals surface area contributed by atoms with E-state index in [0.29, 0.717) is 31.6 Å². The van der Waals surface area contributed by atoms with Crippen molar-refractivity contribution < 1.29 is 19.7 Å². The van der Waals surface area contributed by atoms with Gasteiger partial charge in [0.1, 0.15) is 9.53 Å². The second-order valence-electron chi connectivity index (χ2n) is 9.06. The highest BCUT2D eigenvalue weighted by Crippen LogP contribution is 2.62. The number of ether oxygens (including phenoxy) is 1. The van der Waals surface area contributed by atoms with Crippen LogP contribution in [0.25, 0.3) is 0 Å². The normalized spacial score (nSPS) is 33.1. The first-order valence-corrected chi connectivity index (χ1v) is 12.0. The van der Waals surface area contributed by atoms with Crippen LogP contribution < -0.4 is 0 Å². The largest absolute Gasteiger partial charge is 0.461 e. The average Bonchev–Trinajstić information content (AvgIpc) is 3.25. The van der Waals surface area contributed by atoms with Crippen molar-refractivity contribution in [3.8, 4) is 0 Å². The predicted octanol–water partition coefficient (Wildman–Crippen LogP) is 4.88. The first-order chi connectivity index (χ1) is 12.5. The summed E-state index contributed by atoms with van der Waals surface area (Å²) in [6, 6.07) is 0. The summed E-state index contributed by atoms with van der Waals surface area (Å²) in [7, 11) is 0. The van der Waals surface area contributed by atoms with Crippen molar-refractivity contribution >= 4 is 28.6 Å². The molecule has 2 aliphatic rings. The third kappa shape index (κ3) is 4.07. The van der Waals surface area contributed by atoms with Gasteiger partial charge in [0.2, 0.25) is 0 Å². The quantitative estimate of drug-likeness (QED) is 0.273. The molecule has 6 unspecified atom stereocenters. The molecule has 2 bridgehead atoms. The number of carbonyl (C=O) groups excluding carboxylic acids is 1. The van der Waals surface area contributed by atoms with Crippen LogP contribution in [0.15, 0.2) is 0 Å². The Morgan fingerprint density at radius 3 is 1.85 bits per heavy atom. The van der Waals surface area contributed by atoms with E-state index in [1.807, 2.05) is 41.5 Å². The van der Waals surface area contributed by atoms with Crippen molar-refractivity contribution in [1.29, 1.82) is 0 Å². The number of fused-ring (bicyclic) bond motifs is 2. The monoisotopic (exact) mass is 494 g/mol. The molecule has 0 saturated heterocycles. The molecule has 0 aromatic carbocycles. The van der Waals surface area contributed by atoms with E-state index in [0.717, 1.165) is 19.3 Å². The van der Waals surface area contributed by atoms with Gasteiger partial charge in [-0.3, -0.25) is 4.79 Å². The number of halogens is 1. The molecule has 0 aromatic rings. The maximum atomic E-state index is 12.7. The second kappa shape index (κ2) is 8.47. The van der Waals surface area contributed by atoms with Crippen molar-refractivity contribution in [2.45, 2.75) is 107 Å². The van der Waals surface area contributed by atoms with Crippen LogP contribution in [0.4, 0.5) is 0 Å². The number of alkyl halides is 1. The lowest BCUT2D eigenvalue weighted by Gasteiger charge is -2.50.